The third kappa shape index (κ3) is 3.04. The molecular formula is C13H12F3N3O2. The molecule has 2 N–H and O–H groups in total. The second-order valence-electron chi connectivity index (χ2n) is 4.77. The van der Waals surface area contributed by atoms with Gasteiger partial charge in [0.25, 0.3) is 5.91 Å². The fourth-order valence-electron chi connectivity index (χ4n) is 1.66. The van der Waals surface area contributed by atoms with Crippen molar-refractivity contribution in [2.45, 2.75) is 20.0 Å². The number of halogens is 3. The highest BCUT2D eigenvalue weighted by Crippen LogP contribution is 2.39. The van der Waals surface area contributed by atoms with Crippen molar-refractivity contribution in [2.75, 3.05) is 0 Å². The minimum Gasteiger partial charge on any atom is -0.493 e. The Morgan fingerprint density at radius 1 is 1.33 bits per heavy atom. The molecule has 0 saturated carbocycles. The molecule has 0 aliphatic heterocycles. The smallest absolute Gasteiger partial charge is 0.416 e. The van der Waals surface area contributed by atoms with Crippen LogP contribution in [-0.2, 0) is 11.0 Å². The molecule has 8 heteroatoms. The molecule has 1 aromatic heterocycles. The minimum atomic E-state index is -4.51. The summed E-state index contributed by atoms with van der Waals surface area (Å²) in [6.07, 6.45) is -4.51. The predicted octanol–water partition coefficient (Wildman–Crippen LogP) is 4.16. The van der Waals surface area contributed by atoms with E-state index in [0.29, 0.717) is 0 Å². The first-order valence-corrected chi connectivity index (χ1v) is 6.07. The van der Waals surface area contributed by atoms with Gasteiger partial charge in [-0.2, -0.15) is 13.2 Å². The van der Waals surface area contributed by atoms with Crippen LogP contribution in [0.15, 0.2) is 28.4 Å². The summed E-state index contributed by atoms with van der Waals surface area (Å²) < 4.78 is 38.1. The van der Waals surface area contributed by atoms with E-state index in [1.165, 1.54) is 6.07 Å². The van der Waals surface area contributed by atoms with E-state index in [1.807, 2.05) is 0 Å². The molecule has 0 fully saturated rings. The molecular weight excluding hydrogens is 287 g/mol. The Morgan fingerprint density at radius 2 is 2.00 bits per heavy atom. The molecule has 1 heterocycles. The molecule has 21 heavy (non-hydrogen) atoms. The van der Waals surface area contributed by atoms with E-state index in [-0.39, 0.29) is 16.6 Å². The third-order valence-corrected chi connectivity index (χ3v) is 2.82. The molecule has 0 spiro atoms. The first-order chi connectivity index (χ1) is 9.70. The molecule has 0 unspecified atom stereocenters. The molecule has 0 aliphatic carbocycles. The first kappa shape index (κ1) is 15.0. The number of carbonyl (C=O) groups excluding carboxylic acids is 1. The molecule has 1 amide bonds. The standard InChI is InChI=1S/C13H12F3N3O2/c1-6(2)11(20)19-18-10-8-5-7(13(14,15)16)3-4-9(8)17-12(10)21/h3-6,17,21H,1-2H3. The number of alkyl halides is 3. The molecule has 0 atom stereocenters. The van der Waals surface area contributed by atoms with Crippen LogP contribution in [0.3, 0.4) is 0 Å². The second kappa shape index (κ2) is 5.19. The molecule has 0 bridgehead atoms. The summed E-state index contributed by atoms with van der Waals surface area (Å²) in [5.41, 5.74) is -0.794. The molecule has 0 saturated heterocycles. The van der Waals surface area contributed by atoms with Gasteiger partial charge in [0, 0.05) is 11.3 Å². The maximum atomic E-state index is 12.7. The van der Waals surface area contributed by atoms with Crippen molar-refractivity contribution < 1.29 is 23.1 Å². The Morgan fingerprint density at radius 3 is 2.57 bits per heavy atom. The highest BCUT2D eigenvalue weighted by Gasteiger charge is 2.31. The van der Waals surface area contributed by atoms with Crippen LogP contribution in [0.4, 0.5) is 18.9 Å². The Balaban J connectivity index is 2.52. The maximum absolute atomic E-state index is 12.7. The van der Waals surface area contributed by atoms with Crippen LogP contribution < -0.4 is 0 Å². The van der Waals surface area contributed by atoms with Gasteiger partial charge in [0.15, 0.2) is 5.69 Å². The molecule has 2 rings (SSSR count). The van der Waals surface area contributed by atoms with E-state index in [0.717, 1.165) is 12.1 Å². The van der Waals surface area contributed by atoms with Crippen molar-refractivity contribution in [1.29, 1.82) is 0 Å². The number of aromatic amines is 1. The zero-order chi connectivity index (χ0) is 15.8. The van der Waals surface area contributed by atoms with Gasteiger partial charge < -0.3 is 10.1 Å². The van der Waals surface area contributed by atoms with Gasteiger partial charge in [-0.1, -0.05) is 13.8 Å². The Bertz CT molecular complexity index is 717. The van der Waals surface area contributed by atoms with Crippen LogP contribution in [0, 0.1) is 5.92 Å². The topological polar surface area (TPSA) is 77.8 Å². The van der Waals surface area contributed by atoms with Crippen molar-refractivity contribution in [3.05, 3.63) is 23.8 Å². The van der Waals surface area contributed by atoms with Crippen LogP contribution in [-0.4, -0.2) is 16.0 Å². The predicted molar refractivity (Wildman–Crippen MR) is 69.3 cm³/mol. The number of fused-ring (bicyclic) bond motifs is 1. The summed E-state index contributed by atoms with van der Waals surface area (Å²) in [4.78, 5) is 13.9. The summed E-state index contributed by atoms with van der Waals surface area (Å²) >= 11 is 0. The van der Waals surface area contributed by atoms with Gasteiger partial charge in [-0.3, -0.25) is 4.79 Å². The Labute approximate surface area is 117 Å². The summed E-state index contributed by atoms with van der Waals surface area (Å²) in [7, 11) is 0. The highest BCUT2D eigenvalue weighted by atomic mass is 19.4. The van der Waals surface area contributed by atoms with E-state index in [4.69, 9.17) is 0 Å². The highest BCUT2D eigenvalue weighted by molar-refractivity contribution is 5.95. The molecule has 5 nitrogen and oxygen atoms in total. The van der Waals surface area contributed by atoms with Gasteiger partial charge in [-0.15, -0.1) is 10.2 Å². The lowest BCUT2D eigenvalue weighted by Gasteiger charge is -2.05. The number of amides is 1. The zero-order valence-electron chi connectivity index (χ0n) is 11.2. The van der Waals surface area contributed by atoms with Crippen LogP contribution in [0.1, 0.15) is 19.4 Å². The van der Waals surface area contributed by atoms with Crippen LogP contribution in [0.25, 0.3) is 10.9 Å². The summed E-state index contributed by atoms with van der Waals surface area (Å²) in [5, 5.41) is 16.7. The molecule has 0 radical (unpaired) electrons. The number of nitrogens with one attached hydrogen (secondary N) is 1. The van der Waals surface area contributed by atoms with Gasteiger partial charge in [-0.25, -0.2) is 0 Å². The number of carbonyl (C=O) groups is 1. The average molecular weight is 299 g/mol. The van der Waals surface area contributed by atoms with E-state index in [2.05, 4.69) is 15.2 Å². The van der Waals surface area contributed by atoms with Gasteiger partial charge >= 0.3 is 6.18 Å². The number of benzene rings is 1. The molecule has 2 aromatic rings. The number of rotatable bonds is 2. The van der Waals surface area contributed by atoms with Gasteiger partial charge in [0.2, 0.25) is 5.88 Å². The Kier molecular flexibility index (Phi) is 3.71. The number of aromatic hydroxyl groups is 1. The summed E-state index contributed by atoms with van der Waals surface area (Å²) in [5.74, 6) is -1.37. The average Bonchev–Trinajstić information content (AvgIpc) is 2.69. The number of H-pyrrole nitrogens is 1. The van der Waals surface area contributed by atoms with E-state index >= 15 is 0 Å². The summed E-state index contributed by atoms with van der Waals surface area (Å²) in [6, 6.07) is 2.92. The van der Waals surface area contributed by atoms with Crippen molar-refractivity contribution in [3.8, 4) is 5.88 Å². The zero-order valence-corrected chi connectivity index (χ0v) is 11.2. The van der Waals surface area contributed by atoms with Crippen molar-refractivity contribution >= 4 is 22.5 Å². The second-order valence-corrected chi connectivity index (χ2v) is 4.77. The van der Waals surface area contributed by atoms with E-state index in [1.54, 1.807) is 13.8 Å². The number of aromatic nitrogens is 1. The number of hydrogen-bond acceptors (Lipinski definition) is 3. The fourth-order valence-corrected chi connectivity index (χ4v) is 1.66. The van der Waals surface area contributed by atoms with Crippen LogP contribution in [0.2, 0.25) is 0 Å². The van der Waals surface area contributed by atoms with Gasteiger partial charge in [0.1, 0.15) is 0 Å². The number of azo groups is 1. The van der Waals surface area contributed by atoms with Gasteiger partial charge in [0.05, 0.1) is 11.1 Å². The lowest BCUT2D eigenvalue weighted by atomic mass is 10.1. The monoisotopic (exact) mass is 299 g/mol. The van der Waals surface area contributed by atoms with E-state index < -0.39 is 29.4 Å². The molecule has 112 valence electrons. The number of hydrogen-bond donors (Lipinski definition) is 2. The lowest BCUT2D eigenvalue weighted by Crippen LogP contribution is -2.03. The lowest BCUT2D eigenvalue weighted by molar-refractivity contribution is -0.137. The third-order valence-electron chi connectivity index (χ3n) is 2.82. The molecule has 0 aliphatic rings. The Hall–Kier alpha value is -2.38. The van der Waals surface area contributed by atoms with Crippen molar-refractivity contribution in [3.63, 3.8) is 0 Å². The van der Waals surface area contributed by atoms with E-state index in [9.17, 15) is 23.1 Å². The van der Waals surface area contributed by atoms with Crippen LogP contribution in [0.5, 0.6) is 5.88 Å². The van der Waals surface area contributed by atoms with Crippen molar-refractivity contribution in [1.82, 2.24) is 4.98 Å². The number of nitrogens with zero attached hydrogens (tertiary/aromatic N) is 2. The van der Waals surface area contributed by atoms with Gasteiger partial charge in [-0.05, 0) is 18.2 Å². The minimum absolute atomic E-state index is 0.0441. The quantitative estimate of drug-likeness (QED) is 0.817. The SMILES string of the molecule is CC(C)C(=O)N=Nc1c(O)[nH]c2ccc(C(F)(F)F)cc12. The fraction of sp³-hybridized carbons (Fsp3) is 0.308. The largest absolute Gasteiger partial charge is 0.493 e. The normalized spacial score (nSPS) is 12.7. The summed E-state index contributed by atoms with van der Waals surface area (Å²) in [6.45, 7) is 3.22. The first-order valence-electron chi connectivity index (χ1n) is 6.07. The van der Waals surface area contributed by atoms with Crippen LogP contribution >= 0.6 is 0 Å². The van der Waals surface area contributed by atoms with Crippen molar-refractivity contribution in [2.24, 2.45) is 16.1 Å². The maximum Gasteiger partial charge on any atom is 0.416 e. The molecule has 1 aromatic carbocycles.